The quantitative estimate of drug-likeness (QED) is 0.289. The molecule has 2 rings (SSSR count). The smallest absolute Gasteiger partial charge is 0.333 e. The Morgan fingerprint density at radius 2 is 1.86 bits per heavy atom. The van der Waals surface area contributed by atoms with Crippen LogP contribution in [-0.2, 0) is 9.53 Å². The molecule has 2 nitrogen and oxygen atoms in total. The summed E-state index contributed by atoms with van der Waals surface area (Å²) in [5.41, 5.74) is 0.465. The van der Waals surface area contributed by atoms with Crippen molar-refractivity contribution in [3.63, 3.8) is 0 Å². The number of carbonyl (C=O) groups is 1. The van der Waals surface area contributed by atoms with E-state index in [1.807, 2.05) is 11.8 Å². The van der Waals surface area contributed by atoms with Crippen molar-refractivity contribution in [2.24, 2.45) is 0 Å². The molecular formula is C19H22O2S. The molecule has 0 atom stereocenters. The zero-order valence-electron chi connectivity index (χ0n) is 13.0. The number of fused-ring (bicyclic) bond motifs is 1. The lowest BCUT2D eigenvalue weighted by Gasteiger charge is -2.05. The van der Waals surface area contributed by atoms with Crippen molar-refractivity contribution in [2.75, 3.05) is 12.4 Å². The van der Waals surface area contributed by atoms with Crippen LogP contribution in [0.1, 0.15) is 26.2 Å². The number of esters is 1. The van der Waals surface area contributed by atoms with Gasteiger partial charge >= 0.3 is 5.97 Å². The van der Waals surface area contributed by atoms with Gasteiger partial charge in [-0.2, -0.15) is 0 Å². The fraction of sp³-hybridized carbons (Fsp3) is 0.316. The van der Waals surface area contributed by atoms with Crippen LogP contribution in [-0.4, -0.2) is 18.3 Å². The number of ether oxygens (including phenoxy) is 1. The number of benzene rings is 2. The summed E-state index contributed by atoms with van der Waals surface area (Å²) in [5, 5.41) is 2.57. The normalized spacial score (nSPS) is 10.6. The van der Waals surface area contributed by atoms with E-state index in [4.69, 9.17) is 4.74 Å². The summed E-state index contributed by atoms with van der Waals surface area (Å²) in [4.78, 5) is 12.5. The lowest BCUT2D eigenvalue weighted by molar-refractivity contribution is -0.139. The molecule has 0 amide bonds. The van der Waals surface area contributed by atoms with Crippen LogP contribution in [0.5, 0.6) is 0 Å². The number of hydrogen-bond donors (Lipinski definition) is 0. The molecule has 22 heavy (non-hydrogen) atoms. The van der Waals surface area contributed by atoms with Gasteiger partial charge in [-0.3, -0.25) is 0 Å². The molecule has 0 bridgehead atoms. The summed E-state index contributed by atoms with van der Waals surface area (Å²) >= 11 is 1.88. The molecule has 0 aliphatic carbocycles. The molecule has 0 aliphatic rings. The first-order valence-electron chi connectivity index (χ1n) is 7.61. The summed E-state index contributed by atoms with van der Waals surface area (Å²) in [7, 11) is 0. The van der Waals surface area contributed by atoms with Gasteiger partial charge in [0, 0.05) is 10.5 Å². The van der Waals surface area contributed by atoms with Crippen LogP contribution in [0.15, 0.2) is 59.5 Å². The molecule has 0 aromatic heterocycles. The molecular weight excluding hydrogens is 292 g/mol. The summed E-state index contributed by atoms with van der Waals surface area (Å²) in [6, 6.07) is 15.0. The number of hydrogen-bond acceptors (Lipinski definition) is 3. The predicted octanol–water partition coefficient (Wildman–Crippen LogP) is 5.22. The molecule has 0 fully saturated rings. The molecule has 0 unspecified atom stereocenters. The first kappa shape index (κ1) is 16.6. The van der Waals surface area contributed by atoms with Gasteiger partial charge in [0.15, 0.2) is 0 Å². The largest absolute Gasteiger partial charge is 0.462 e. The molecule has 2 aromatic carbocycles. The minimum absolute atomic E-state index is 0.287. The number of carbonyl (C=O) groups excluding carboxylic acids is 1. The lowest BCUT2D eigenvalue weighted by atomic mass is 10.1. The zero-order valence-corrected chi connectivity index (χ0v) is 13.8. The highest BCUT2D eigenvalue weighted by Gasteiger charge is 2.02. The van der Waals surface area contributed by atoms with Crippen LogP contribution in [0.2, 0.25) is 0 Å². The third-order valence-corrected chi connectivity index (χ3v) is 4.44. The van der Waals surface area contributed by atoms with Gasteiger partial charge in [0.2, 0.25) is 0 Å². The van der Waals surface area contributed by atoms with Crippen LogP contribution >= 0.6 is 11.8 Å². The molecule has 0 spiro atoms. The SMILES string of the molecule is C=C(C)C(=O)OCCCCCSc1ccc2ccccc2c1. The minimum atomic E-state index is -0.287. The van der Waals surface area contributed by atoms with Gasteiger partial charge in [0.25, 0.3) is 0 Å². The first-order chi connectivity index (χ1) is 10.7. The zero-order chi connectivity index (χ0) is 15.8. The molecule has 116 valence electrons. The Morgan fingerprint density at radius 3 is 2.64 bits per heavy atom. The third-order valence-electron chi connectivity index (χ3n) is 3.36. The van der Waals surface area contributed by atoms with Crippen molar-refractivity contribution in [3.05, 3.63) is 54.6 Å². The maximum absolute atomic E-state index is 11.2. The average molecular weight is 314 g/mol. The van der Waals surface area contributed by atoms with E-state index in [2.05, 4.69) is 49.0 Å². The topological polar surface area (TPSA) is 26.3 Å². The van der Waals surface area contributed by atoms with Gasteiger partial charge in [-0.05, 0) is 54.8 Å². The summed E-state index contributed by atoms with van der Waals surface area (Å²) in [6.07, 6.45) is 3.11. The van der Waals surface area contributed by atoms with Crippen molar-refractivity contribution in [1.29, 1.82) is 0 Å². The average Bonchev–Trinajstić information content (AvgIpc) is 2.53. The van der Waals surface area contributed by atoms with E-state index in [0.29, 0.717) is 12.2 Å². The summed E-state index contributed by atoms with van der Waals surface area (Å²) in [6.45, 7) is 5.72. The van der Waals surface area contributed by atoms with Crippen molar-refractivity contribution < 1.29 is 9.53 Å². The van der Waals surface area contributed by atoms with Gasteiger partial charge in [-0.1, -0.05) is 36.9 Å². The molecule has 0 aliphatic heterocycles. The van der Waals surface area contributed by atoms with Gasteiger partial charge in [0.1, 0.15) is 0 Å². The summed E-state index contributed by atoms with van der Waals surface area (Å²) < 4.78 is 5.07. The number of unbranched alkanes of at least 4 members (excludes halogenated alkanes) is 2. The number of thioether (sulfide) groups is 1. The van der Waals surface area contributed by atoms with Crippen LogP contribution in [0, 0.1) is 0 Å². The maximum Gasteiger partial charge on any atom is 0.333 e. The Bertz CT molecular complexity index is 649. The minimum Gasteiger partial charge on any atom is -0.462 e. The fourth-order valence-corrected chi connectivity index (χ4v) is 3.07. The highest BCUT2D eigenvalue weighted by atomic mass is 32.2. The van der Waals surface area contributed by atoms with E-state index in [-0.39, 0.29) is 5.97 Å². The third kappa shape index (κ3) is 5.23. The van der Waals surface area contributed by atoms with Crippen LogP contribution in [0.25, 0.3) is 10.8 Å². The van der Waals surface area contributed by atoms with Crippen LogP contribution < -0.4 is 0 Å². The number of rotatable bonds is 8. The van der Waals surface area contributed by atoms with E-state index in [1.165, 1.54) is 15.7 Å². The van der Waals surface area contributed by atoms with E-state index in [0.717, 1.165) is 25.0 Å². The van der Waals surface area contributed by atoms with Crippen molar-refractivity contribution in [1.82, 2.24) is 0 Å². The Hall–Kier alpha value is -1.74. The molecule has 0 N–H and O–H groups in total. The first-order valence-corrected chi connectivity index (χ1v) is 8.59. The molecule has 0 saturated carbocycles. The highest BCUT2D eigenvalue weighted by Crippen LogP contribution is 2.24. The Balaban J connectivity index is 1.64. The molecule has 0 radical (unpaired) electrons. The van der Waals surface area contributed by atoms with Gasteiger partial charge < -0.3 is 4.74 Å². The van der Waals surface area contributed by atoms with Crippen molar-refractivity contribution in [3.8, 4) is 0 Å². The monoisotopic (exact) mass is 314 g/mol. The van der Waals surface area contributed by atoms with Crippen LogP contribution in [0.4, 0.5) is 0 Å². The van der Waals surface area contributed by atoms with E-state index in [1.54, 1.807) is 6.92 Å². The second-order valence-corrected chi connectivity index (χ2v) is 6.50. The second kappa shape index (κ2) is 8.64. The molecule has 0 saturated heterocycles. The second-order valence-electron chi connectivity index (χ2n) is 5.33. The van der Waals surface area contributed by atoms with Gasteiger partial charge in [-0.15, -0.1) is 11.8 Å². The summed E-state index contributed by atoms with van der Waals surface area (Å²) in [5.74, 6) is 0.804. The highest BCUT2D eigenvalue weighted by molar-refractivity contribution is 7.99. The van der Waals surface area contributed by atoms with Gasteiger partial charge in [-0.25, -0.2) is 4.79 Å². The van der Waals surface area contributed by atoms with E-state index >= 15 is 0 Å². The Labute approximate surface area is 136 Å². The van der Waals surface area contributed by atoms with E-state index in [9.17, 15) is 4.79 Å². The standard InChI is InChI=1S/C19H22O2S/c1-15(2)19(20)21-12-6-3-7-13-22-18-11-10-16-8-4-5-9-17(16)14-18/h4-5,8-11,14H,1,3,6-7,12-13H2,2H3. The molecule has 2 aromatic rings. The maximum atomic E-state index is 11.2. The van der Waals surface area contributed by atoms with Gasteiger partial charge in [0.05, 0.1) is 6.61 Å². The van der Waals surface area contributed by atoms with Crippen LogP contribution in [0.3, 0.4) is 0 Å². The van der Waals surface area contributed by atoms with Crippen molar-refractivity contribution >= 4 is 28.5 Å². The fourth-order valence-electron chi connectivity index (χ4n) is 2.12. The lowest BCUT2D eigenvalue weighted by Crippen LogP contribution is -2.06. The molecule has 3 heteroatoms. The molecule has 0 heterocycles. The Kier molecular flexibility index (Phi) is 6.53. The van der Waals surface area contributed by atoms with E-state index < -0.39 is 0 Å². The Morgan fingerprint density at radius 1 is 1.09 bits per heavy atom. The predicted molar refractivity (Wildman–Crippen MR) is 94.3 cm³/mol. The van der Waals surface area contributed by atoms with Crippen molar-refractivity contribution in [2.45, 2.75) is 31.1 Å².